The maximum absolute atomic E-state index is 13.6. The predicted molar refractivity (Wildman–Crippen MR) is 158 cm³/mol. The molecule has 0 spiro atoms. The maximum Gasteiger partial charge on any atom is 0.296 e. The molecular formula is C32H30N2O5S. The third kappa shape index (κ3) is 5.10. The van der Waals surface area contributed by atoms with Crippen molar-refractivity contribution >= 4 is 44.5 Å². The summed E-state index contributed by atoms with van der Waals surface area (Å²) in [5, 5.41) is 11.5. The number of nitrogens with zero attached hydrogens (tertiary/aromatic N) is 2. The number of hydrogen-bond donors (Lipinski definition) is 1. The summed E-state index contributed by atoms with van der Waals surface area (Å²) in [6, 6.07) is 17.8. The number of rotatable bonds is 9. The van der Waals surface area contributed by atoms with Gasteiger partial charge in [-0.3, -0.25) is 14.5 Å². The van der Waals surface area contributed by atoms with Gasteiger partial charge in [-0.05, 0) is 74.2 Å². The summed E-state index contributed by atoms with van der Waals surface area (Å²) in [7, 11) is 0. The molecular weight excluding hydrogens is 524 g/mol. The fraction of sp³-hybridized carbons (Fsp3) is 0.219. The van der Waals surface area contributed by atoms with Gasteiger partial charge in [0.15, 0.2) is 28.2 Å². The lowest BCUT2D eigenvalue weighted by molar-refractivity contribution is -0.117. The van der Waals surface area contributed by atoms with E-state index in [9.17, 15) is 14.7 Å². The first-order valence-electron chi connectivity index (χ1n) is 13.1. The standard InChI is InChI=1S/C32H30N2O5S/c1-5-38-24-15-13-22(18-25(24)39-6-2)29-27(23(35)14-12-21-10-8-7-9-11-21)30(36)31(37)34(29)32-33-28-20(4)16-19(3)17-26(28)40-32/h7-18,29,36H,5-6H2,1-4H3/b14-12+. The van der Waals surface area contributed by atoms with Crippen LogP contribution in [0, 0.1) is 13.8 Å². The summed E-state index contributed by atoms with van der Waals surface area (Å²) in [6.45, 7) is 8.59. The second kappa shape index (κ2) is 11.4. The Hall–Kier alpha value is -4.43. The highest BCUT2D eigenvalue weighted by Gasteiger charge is 2.45. The first-order chi connectivity index (χ1) is 19.3. The quantitative estimate of drug-likeness (QED) is 0.227. The average molecular weight is 555 g/mol. The molecule has 3 aromatic carbocycles. The van der Waals surface area contributed by atoms with Crippen LogP contribution in [0.5, 0.6) is 11.5 Å². The van der Waals surface area contributed by atoms with Crippen LogP contribution in [-0.4, -0.2) is 35.0 Å². The van der Waals surface area contributed by atoms with Crippen molar-refractivity contribution in [3.8, 4) is 11.5 Å². The second-order valence-electron chi connectivity index (χ2n) is 9.45. The van der Waals surface area contributed by atoms with Gasteiger partial charge in [0.2, 0.25) is 0 Å². The van der Waals surface area contributed by atoms with Crippen LogP contribution < -0.4 is 14.4 Å². The van der Waals surface area contributed by atoms with Crippen LogP contribution in [0.4, 0.5) is 5.13 Å². The van der Waals surface area contributed by atoms with E-state index in [2.05, 4.69) is 0 Å². The number of aliphatic hydroxyl groups is 1. The molecule has 1 atom stereocenters. The minimum absolute atomic E-state index is 0.0176. The number of aromatic nitrogens is 1. The van der Waals surface area contributed by atoms with Crippen molar-refractivity contribution in [2.75, 3.05) is 18.1 Å². The van der Waals surface area contributed by atoms with Crippen molar-refractivity contribution in [1.82, 2.24) is 4.98 Å². The van der Waals surface area contributed by atoms with Crippen molar-refractivity contribution in [2.24, 2.45) is 0 Å². The van der Waals surface area contributed by atoms with Crippen LogP contribution in [0.3, 0.4) is 0 Å². The van der Waals surface area contributed by atoms with Gasteiger partial charge in [0.05, 0.1) is 35.0 Å². The molecule has 1 N–H and O–H groups in total. The molecule has 0 fully saturated rings. The van der Waals surface area contributed by atoms with E-state index < -0.39 is 23.5 Å². The number of thiazole rings is 1. The number of allylic oxidation sites excluding steroid dienone is 1. The number of aliphatic hydroxyl groups excluding tert-OH is 1. The Bertz CT molecular complexity index is 1650. The second-order valence-corrected chi connectivity index (χ2v) is 10.5. The van der Waals surface area contributed by atoms with Crippen molar-refractivity contribution in [2.45, 2.75) is 33.7 Å². The number of anilines is 1. The largest absolute Gasteiger partial charge is 0.503 e. The lowest BCUT2D eigenvalue weighted by Crippen LogP contribution is -2.30. The highest BCUT2D eigenvalue weighted by molar-refractivity contribution is 7.22. The Balaban J connectivity index is 1.65. The molecule has 1 aliphatic heterocycles. The zero-order valence-corrected chi connectivity index (χ0v) is 23.6. The smallest absolute Gasteiger partial charge is 0.296 e. The van der Waals surface area contributed by atoms with Gasteiger partial charge in [-0.1, -0.05) is 59.9 Å². The Kier molecular flexibility index (Phi) is 7.71. The monoisotopic (exact) mass is 554 g/mol. The lowest BCUT2D eigenvalue weighted by Gasteiger charge is -2.25. The van der Waals surface area contributed by atoms with Crippen LogP contribution in [-0.2, 0) is 9.59 Å². The van der Waals surface area contributed by atoms with E-state index in [0.29, 0.717) is 35.4 Å². The van der Waals surface area contributed by atoms with Gasteiger partial charge in [-0.25, -0.2) is 4.98 Å². The zero-order chi connectivity index (χ0) is 28.4. The molecule has 0 saturated heterocycles. The summed E-state index contributed by atoms with van der Waals surface area (Å²) in [5.74, 6) is -0.696. The van der Waals surface area contributed by atoms with Gasteiger partial charge >= 0.3 is 0 Å². The van der Waals surface area contributed by atoms with Gasteiger partial charge < -0.3 is 14.6 Å². The number of carbonyl (C=O) groups excluding carboxylic acids is 2. The highest BCUT2D eigenvalue weighted by Crippen LogP contribution is 2.45. The zero-order valence-electron chi connectivity index (χ0n) is 22.8. The highest BCUT2D eigenvalue weighted by atomic mass is 32.1. The number of amides is 1. The SMILES string of the molecule is CCOc1ccc(C2C(C(=O)/C=C/c3ccccc3)=C(O)C(=O)N2c2nc3c(C)cc(C)cc3s2)cc1OCC. The van der Waals surface area contributed by atoms with Crippen molar-refractivity contribution < 1.29 is 24.2 Å². The van der Waals surface area contributed by atoms with Crippen LogP contribution in [0.1, 0.15) is 42.1 Å². The number of fused-ring (bicyclic) bond motifs is 1. The van der Waals surface area contributed by atoms with Gasteiger partial charge in [0.25, 0.3) is 5.91 Å². The minimum Gasteiger partial charge on any atom is -0.503 e. The normalized spacial score (nSPS) is 15.4. The minimum atomic E-state index is -0.919. The molecule has 204 valence electrons. The van der Waals surface area contributed by atoms with E-state index in [4.69, 9.17) is 14.5 Å². The molecule has 1 unspecified atom stereocenters. The fourth-order valence-electron chi connectivity index (χ4n) is 4.90. The number of carbonyl (C=O) groups is 2. The molecule has 4 aromatic rings. The van der Waals surface area contributed by atoms with E-state index in [0.717, 1.165) is 26.9 Å². The van der Waals surface area contributed by atoms with E-state index >= 15 is 0 Å². The first kappa shape index (κ1) is 27.1. The fourth-order valence-corrected chi connectivity index (χ4v) is 6.06. The Morgan fingerprint density at radius 2 is 1.75 bits per heavy atom. The van der Waals surface area contributed by atoms with Crippen LogP contribution in [0.15, 0.2) is 78.1 Å². The van der Waals surface area contributed by atoms with Crippen LogP contribution >= 0.6 is 11.3 Å². The lowest BCUT2D eigenvalue weighted by atomic mass is 9.95. The number of hydrogen-bond acceptors (Lipinski definition) is 7. The summed E-state index contributed by atoms with van der Waals surface area (Å²) >= 11 is 1.35. The van der Waals surface area contributed by atoms with Gasteiger partial charge in [-0.15, -0.1) is 0 Å². The summed E-state index contributed by atoms with van der Waals surface area (Å²) in [4.78, 5) is 33.5. The van der Waals surface area contributed by atoms with E-state index in [-0.39, 0.29) is 5.57 Å². The molecule has 0 bridgehead atoms. The third-order valence-electron chi connectivity index (χ3n) is 6.61. The molecule has 0 aliphatic carbocycles. The van der Waals surface area contributed by atoms with Crippen LogP contribution in [0.2, 0.25) is 0 Å². The molecule has 1 amide bonds. The first-order valence-corrected chi connectivity index (χ1v) is 14.0. The molecule has 40 heavy (non-hydrogen) atoms. The Labute approximate surface area is 237 Å². The third-order valence-corrected chi connectivity index (χ3v) is 7.61. The molecule has 1 aromatic heterocycles. The molecule has 7 nitrogen and oxygen atoms in total. The number of ether oxygens (including phenoxy) is 2. The number of aryl methyl sites for hydroxylation is 2. The number of benzene rings is 3. The maximum atomic E-state index is 13.6. The molecule has 2 heterocycles. The molecule has 0 saturated carbocycles. The van der Waals surface area contributed by atoms with Gasteiger partial charge in [-0.2, -0.15) is 0 Å². The number of ketones is 1. The summed E-state index contributed by atoms with van der Waals surface area (Å²) < 4.78 is 12.5. The topological polar surface area (TPSA) is 89.0 Å². The van der Waals surface area contributed by atoms with Crippen molar-refractivity contribution in [1.29, 1.82) is 0 Å². The molecule has 5 rings (SSSR count). The van der Waals surface area contributed by atoms with Crippen LogP contribution in [0.25, 0.3) is 16.3 Å². The van der Waals surface area contributed by atoms with Crippen molar-refractivity contribution in [3.05, 3.63) is 100 Å². The van der Waals surface area contributed by atoms with E-state index in [1.165, 1.54) is 22.3 Å². The predicted octanol–water partition coefficient (Wildman–Crippen LogP) is 6.89. The summed E-state index contributed by atoms with van der Waals surface area (Å²) in [6.07, 6.45) is 3.05. The molecule has 8 heteroatoms. The van der Waals surface area contributed by atoms with E-state index in [1.54, 1.807) is 24.3 Å². The van der Waals surface area contributed by atoms with Gasteiger partial charge in [0, 0.05) is 0 Å². The molecule has 1 aliphatic rings. The summed E-state index contributed by atoms with van der Waals surface area (Å²) in [5.41, 5.74) is 4.25. The van der Waals surface area contributed by atoms with Gasteiger partial charge in [0.1, 0.15) is 0 Å². The Morgan fingerprint density at radius 3 is 2.48 bits per heavy atom. The average Bonchev–Trinajstić information content (AvgIpc) is 3.47. The van der Waals surface area contributed by atoms with E-state index in [1.807, 2.05) is 70.2 Å². The molecule has 0 radical (unpaired) electrons. The van der Waals surface area contributed by atoms with Crippen molar-refractivity contribution in [3.63, 3.8) is 0 Å². The Morgan fingerprint density at radius 1 is 1.02 bits per heavy atom.